The van der Waals surface area contributed by atoms with Gasteiger partial charge in [0.15, 0.2) is 0 Å². The number of amides is 2. The zero-order chi connectivity index (χ0) is 11.3. The van der Waals surface area contributed by atoms with Crippen LogP contribution in [0.15, 0.2) is 0 Å². The van der Waals surface area contributed by atoms with E-state index >= 15 is 0 Å². The zero-order valence-corrected chi connectivity index (χ0v) is 8.23. The first-order valence-corrected chi connectivity index (χ1v) is 4.68. The Bertz CT molecular complexity index is 240. The molecule has 0 aromatic rings. The molecule has 1 saturated heterocycles. The SMILES string of the molecule is NC(=O)C(O)CNC(=O)C1CNCCO1. The molecule has 0 bridgehead atoms. The van der Waals surface area contributed by atoms with Crippen molar-refractivity contribution in [2.75, 3.05) is 26.2 Å². The first-order chi connectivity index (χ1) is 7.11. The lowest BCUT2D eigenvalue weighted by Crippen LogP contribution is -2.50. The van der Waals surface area contributed by atoms with Crippen LogP contribution in [0.4, 0.5) is 0 Å². The van der Waals surface area contributed by atoms with Gasteiger partial charge in [-0.25, -0.2) is 0 Å². The summed E-state index contributed by atoms with van der Waals surface area (Å²) >= 11 is 0. The van der Waals surface area contributed by atoms with Gasteiger partial charge in [-0.2, -0.15) is 0 Å². The maximum absolute atomic E-state index is 11.4. The van der Waals surface area contributed by atoms with E-state index in [1.54, 1.807) is 0 Å². The summed E-state index contributed by atoms with van der Waals surface area (Å²) in [6.07, 6.45) is -1.93. The van der Waals surface area contributed by atoms with Crippen molar-refractivity contribution in [3.8, 4) is 0 Å². The summed E-state index contributed by atoms with van der Waals surface area (Å²) in [6, 6.07) is 0. The number of carbonyl (C=O) groups is 2. The van der Waals surface area contributed by atoms with Crippen molar-refractivity contribution < 1.29 is 19.4 Å². The fraction of sp³-hybridized carbons (Fsp3) is 0.750. The van der Waals surface area contributed by atoms with Crippen LogP contribution in [-0.4, -0.2) is 55.4 Å². The molecule has 0 spiro atoms. The Kier molecular flexibility index (Phi) is 4.47. The monoisotopic (exact) mass is 217 g/mol. The Labute approximate surface area is 87.0 Å². The molecule has 1 rings (SSSR count). The average molecular weight is 217 g/mol. The Morgan fingerprint density at radius 3 is 2.93 bits per heavy atom. The predicted octanol–water partition coefficient (Wildman–Crippen LogP) is -3.06. The highest BCUT2D eigenvalue weighted by Gasteiger charge is 2.22. The maximum Gasteiger partial charge on any atom is 0.250 e. The van der Waals surface area contributed by atoms with Crippen LogP contribution >= 0.6 is 0 Å². The summed E-state index contributed by atoms with van der Waals surface area (Å²) in [5, 5.41) is 14.4. The van der Waals surface area contributed by atoms with Gasteiger partial charge in [0.1, 0.15) is 12.2 Å². The molecule has 2 amide bonds. The van der Waals surface area contributed by atoms with E-state index in [9.17, 15) is 9.59 Å². The minimum atomic E-state index is -1.36. The Morgan fingerprint density at radius 1 is 1.67 bits per heavy atom. The molecule has 15 heavy (non-hydrogen) atoms. The summed E-state index contributed by atoms with van der Waals surface area (Å²) in [5.74, 6) is -1.22. The molecule has 0 aromatic carbocycles. The van der Waals surface area contributed by atoms with Gasteiger partial charge in [-0.05, 0) is 0 Å². The third-order valence-corrected chi connectivity index (χ3v) is 2.02. The number of aliphatic hydroxyl groups is 1. The topological polar surface area (TPSA) is 114 Å². The molecule has 1 heterocycles. The Hall–Kier alpha value is -1.18. The first-order valence-electron chi connectivity index (χ1n) is 4.68. The summed E-state index contributed by atoms with van der Waals surface area (Å²) in [7, 11) is 0. The normalized spacial score (nSPS) is 23.1. The summed E-state index contributed by atoms with van der Waals surface area (Å²) in [4.78, 5) is 21.9. The number of nitrogens with one attached hydrogen (secondary N) is 2. The van der Waals surface area contributed by atoms with Crippen LogP contribution in [0.2, 0.25) is 0 Å². The quantitative estimate of drug-likeness (QED) is 0.399. The highest BCUT2D eigenvalue weighted by atomic mass is 16.5. The van der Waals surface area contributed by atoms with E-state index in [-0.39, 0.29) is 12.5 Å². The summed E-state index contributed by atoms with van der Waals surface area (Å²) < 4.78 is 5.16. The molecule has 5 N–H and O–H groups in total. The van der Waals surface area contributed by atoms with Gasteiger partial charge in [-0.15, -0.1) is 0 Å². The van der Waals surface area contributed by atoms with E-state index in [4.69, 9.17) is 15.6 Å². The lowest BCUT2D eigenvalue weighted by Gasteiger charge is -2.22. The van der Waals surface area contributed by atoms with E-state index in [0.29, 0.717) is 19.7 Å². The minimum Gasteiger partial charge on any atom is -0.381 e. The lowest BCUT2D eigenvalue weighted by atomic mass is 10.2. The second-order valence-corrected chi connectivity index (χ2v) is 3.23. The van der Waals surface area contributed by atoms with Gasteiger partial charge in [0, 0.05) is 13.1 Å². The van der Waals surface area contributed by atoms with Crippen LogP contribution in [-0.2, 0) is 14.3 Å². The molecule has 1 aliphatic rings. The third kappa shape index (κ3) is 3.82. The van der Waals surface area contributed by atoms with Crippen molar-refractivity contribution in [1.82, 2.24) is 10.6 Å². The largest absolute Gasteiger partial charge is 0.381 e. The van der Waals surface area contributed by atoms with Gasteiger partial charge in [-0.3, -0.25) is 9.59 Å². The van der Waals surface area contributed by atoms with Crippen molar-refractivity contribution in [2.24, 2.45) is 5.73 Å². The molecule has 2 unspecified atom stereocenters. The first kappa shape index (κ1) is 11.9. The second kappa shape index (κ2) is 5.64. The lowest BCUT2D eigenvalue weighted by molar-refractivity contribution is -0.135. The van der Waals surface area contributed by atoms with E-state index in [2.05, 4.69) is 10.6 Å². The molecule has 0 saturated carbocycles. The van der Waals surface area contributed by atoms with Crippen LogP contribution < -0.4 is 16.4 Å². The zero-order valence-electron chi connectivity index (χ0n) is 8.23. The van der Waals surface area contributed by atoms with Gasteiger partial charge in [0.05, 0.1) is 13.2 Å². The van der Waals surface area contributed by atoms with E-state index in [0.717, 1.165) is 0 Å². The van der Waals surface area contributed by atoms with Crippen molar-refractivity contribution >= 4 is 11.8 Å². The van der Waals surface area contributed by atoms with Crippen LogP contribution in [0.25, 0.3) is 0 Å². The average Bonchev–Trinajstić information content (AvgIpc) is 2.26. The van der Waals surface area contributed by atoms with Crippen LogP contribution in [0.3, 0.4) is 0 Å². The molecule has 1 fully saturated rings. The van der Waals surface area contributed by atoms with Gasteiger partial charge in [0.25, 0.3) is 5.91 Å². The number of morpholine rings is 1. The summed E-state index contributed by atoms with van der Waals surface area (Å²) in [5.41, 5.74) is 4.82. The van der Waals surface area contributed by atoms with Gasteiger partial charge < -0.3 is 26.2 Å². The second-order valence-electron chi connectivity index (χ2n) is 3.23. The molecule has 2 atom stereocenters. The fourth-order valence-electron chi connectivity index (χ4n) is 1.15. The van der Waals surface area contributed by atoms with E-state index in [1.165, 1.54) is 0 Å². The number of carbonyl (C=O) groups excluding carboxylic acids is 2. The van der Waals surface area contributed by atoms with Gasteiger partial charge in [0.2, 0.25) is 5.91 Å². The number of rotatable bonds is 4. The van der Waals surface area contributed by atoms with E-state index in [1.807, 2.05) is 0 Å². The number of primary amides is 1. The number of nitrogens with two attached hydrogens (primary N) is 1. The van der Waals surface area contributed by atoms with Crippen LogP contribution in [0.5, 0.6) is 0 Å². The number of hydrogen-bond acceptors (Lipinski definition) is 5. The van der Waals surface area contributed by atoms with Crippen molar-refractivity contribution in [2.45, 2.75) is 12.2 Å². The highest BCUT2D eigenvalue weighted by Crippen LogP contribution is 1.95. The molecule has 0 radical (unpaired) electrons. The minimum absolute atomic E-state index is 0.186. The van der Waals surface area contributed by atoms with Gasteiger partial charge in [-0.1, -0.05) is 0 Å². The third-order valence-electron chi connectivity index (χ3n) is 2.02. The standard InChI is InChI=1S/C8H15N3O4/c9-7(13)5(12)3-11-8(14)6-4-10-1-2-15-6/h5-6,10,12H,1-4H2,(H2,9,13)(H,11,14). The molecule has 7 heteroatoms. The van der Waals surface area contributed by atoms with Crippen molar-refractivity contribution in [1.29, 1.82) is 0 Å². The molecule has 1 aliphatic heterocycles. The number of ether oxygens (including phenoxy) is 1. The number of hydrogen-bond donors (Lipinski definition) is 4. The van der Waals surface area contributed by atoms with Crippen LogP contribution in [0, 0.1) is 0 Å². The predicted molar refractivity (Wildman–Crippen MR) is 50.8 cm³/mol. The van der Waals surface area contributed by atoms with Crippen LogP contribution in [0.1, 0.15) is 0 Å². The number of aliphatic hydroxyl groups excluding tert-OH is 1. The molecule has 86 valence electrons. The van der Waals surface area contributed by atoms with Crippen molar-refractivity contribution in [3.05, 3.63) is 0 Å². The Balaban J connectivity index is 2.25. The fourth-order valence-corrected chi connectivity index (χ4v) is 1.15. The molecule has 0 aliphatic carbocycles. The van der Waals surface area contributed by atoms with Gasteiger partial charge >= 0.3 is 0 Å². The molecule has 0 aromatic heterocycles. The molecular formula is C8H15N3O4. The summed E-state index contributed by atoms with van der Waals surface area (Å²) in [6.45, 7) is 1.43. The highest BCUT2D eigenvalue weighted by molar-refractivity contribution is 5.83. The van der Waals surface area contributed by atoms with E-state index < -0.39 is 18.1 Å². The smallest absolute Gasteiger partial charge is 0.250 e. The molecular weight excluding hydrogens is 202 g/mol. The Morgan fingerprint density at radius 2 is 2.40 bits per heavy atom. The van der Waals surface area contributed by atoms with Crippen molar-refractivity contribution in [3.63, 3.8) is 0 Å². The maximum atomic E-state index is 11.4. The molecule has 7 nitrogen and oxygen atoms in total.